The zero-order valence-corrected chi connectivity index (χ0v) is 17.7. The molecule has 1 aromatic carbocycles. The fraction of sp³-hybridized carbons (Fsp3) is 0.700. The van der Waals surface area contributed by atoms with Crippen molar-refractivity contribution >= 4 is 10.0 Å². The van der Waals surface area contributed by atoms with E-state index < -0.39 is 10.0 Å². The molecule has 0 bridgehead atoms. The van der Waals surface area contributed by atoms with E-state index in [9.17, 15) is 8.42 Å². The summed E-state index contributed by atoms with van der Waals surface area (Å²) in [4.78, 5) is 5.19. The summed E-state index contributed by atoms with van der Waals surface area (Å²) < 4.78 is 32.9. The number of ether oxygens (including phenoxy) is 1. The molecule has 2 saturated heterocycles. The van der Waals surface area contributed by atoms with Crippen LogP contribution in [-0.4, -0.2) is 88.1 Å². The minimum Gasteiger partial charge on any atom is -0.379 e. The zero-order valence-electron chi connectivity index (χ0n) is 16.9. The van der Waals surface area contributed by atoms with Crippen molar-refractivity contribution in [2.24, 2.45) is 0 Å². The van der Waals surface area contributed by atoms with E-state index in [0.29, 0.717) is 18.0 Å². The maximum absolute atomic E-state index is 12.9. The molecular weight excluding hydrogens is 362 g/mol. The number of hydrogen-bond acceptors (Lipinski definition) is 5. The third-order valence-corrected chi connectivity index (χ3v) is 7.44. The van der Waals surface area contributed by atoms with Crippen LogP contribution >= 0.6 is 0 Å². The lowest BCUT2D eigenvalue weighted by Gasteiger charge is -2.35. The van der Waals surface area contributed by atoms with Gasteiger partial charge in [0.2, 0.25) is 10.0 Å². The Bertz CT molecular complexity index is 699. The fourth-order valence-electron chi connectivity index (χ4n) is 3.58. The first-order valence-corrected chi connectivity index (χ1v) is 11.3. The van der Waals surface area contributed by atoms with Gasteiger partial charge >= 0.3 is 0 Å². The first kappa shape index (κ1) is 20.7. The lowest BCUT2D eigenvalue weighted by Crippen LogP contribution is -2.50. The molecule has 2 aliphatic heterocycles. The quantitative estimate of drug-likeness (QED) is 0.758. The minimum atomic E-state index is -3.40. The number of piperazine rings is 1. The van der Waals surface area contributed by atoms with Crippen LogP contribution in [0.4, 0.5) is 0 Å². The molecule has 0 atom stereocenters. The molecule has 2 fully saturated rings. The van der Waals surface area contributed by atoms with Crippen molar-refractivity contribution in [1.29, 1.82) is 0 Å². The summed E-state index contributed by atoms with van der Waals surface area (Å²) >= 11 is 0. The molecule has 0 amide bonds. The molecule has 0 radical (unpaired) electrons. The van der Waals surface area contributed by atoms with Crippen molar-refractivity contribution in [3.63, 3.8) is 0 Å². The van der Waals surface area contributed by atoms with E-state index in [1.54, 1.807) is 16.4 Å². The Labute approximate surface area is 164 Å². The fourth-order valence-corrected chi connectivity index (χ4v) is 5.00. The van der Waals surface area contributed by atoms with Crippen LogP contribution in [-0.2, 0) is 20.2 Å². The molecule has 0 aromatic heterocycles. The number of benzene rings is 1. The smallest absolute Gasteiger partial charge is 0.243 e. The van der Waals surface area contributed by atoms with Gasteiger partial charge in [0, 0.05) is 52.4 Å². The highest BCUT2D eigenvalue weighted by Gasteiger charge is 2.29. The van der Waals surface area contributed by atoms with Gasteiger partial charge in [-0.1, -0.05) is 32.9 Å². The Hall–Kier alpha value is -0.990. The Kier molecular flexibility index (Phi) is 6.58. The summed E-state index contributed by atoms with van der Waals surface area (Å²) in [6, 6.07) is 7.37. The van der Waals surface area contributed by atoms with Crippen molar-refractivity contribution in [2.45, 2.75) is 31.1 Å². The molecular formula is C20H33N3O3S. The lowest BCUT2D eigenvalue weighted by molar-refractivity contribution is 0.0317. The van der Waals surface area contributed by atoms with Gasteiger partial charge in [0.1, 0.15) is 0 Å². The molecule has 2 aliphatic rings. The van der Waals surface area contributed by atoms with E-state index in [0.717, 1.165) is 58.0 Å². The van der Waals surface area contributed by atoms with E-state index in [-0.39, 0.29) is 5.41 Å². The Balaban J connectivity index is 1.53. The van der Waals surface area contributed by atoms with E-state index >= 15 is 0 Å². The van der Waals surface area contributed by atoms with Gasteiger partial charge in [0.05, 0.1) is 18.1 Å². The first-order valence-electron chi connectivity index (χ1n) is 9.90. The van der Waals surface area contributed by atoms with Gasteiger partial charge in [-0.2, -0.15) is 4.31 Å². The summed E-state index contributed by atoms with van der Waals surface area (Å²) in [5.74, 6) is 0. The number of morpholine rings is 1. The number of nitrogens with zero attached hydrogens (tertiary/aromatic N) is 3. The Morgan fingerprint density at radius 1 is 0.852 bits per heavy atom. The Morgan fingerprint density at radius 2 is 1.37 bits per heavy atom. The van der Waals surface area contributed by atoms with E-state index in [4.69, 9.17) is 4.74 Å². The molecule has 0 saturated carbocycles. The normalized spacial score (nSPS) is 21.4. The monoisotopic (exact) mass is 395 g/mol. The molecule has 2 heterocycles. The van der Waals surface area contributed by atoms with Crippen LogP contribution in [0.2, 0.25) is 0 Å². The maximum Gasteiger partial charge on any atom is 0.243 e. The first-order chi connectivity index (χ1) is 12.8. The van der Waals surface area contributed by atoms with Gasteiger partial charge in [-0.05, 0) is 23.1 Å². The van der Waals surface area contributed by atoms with Crippen LogP contribution in [0.25, 0.3) is 0 Å². The maximum atomic E-state index is 12.9. The second-order valence-electron chi connectivity index (χ2n) is 8.47. The summed E-state index contributed by atoms with van der Waals surface area (Å²) in [6.07, 6.45) is 0. The molecule has 0 N–H and O–H groups in total. The SMILES string of the molecule is CC(C)(C)c1ccc(S(=O)(=O)N2CCN(CCN3CCOCC3)CC2)cc1. The minimum absolute atomic E-state index is 0.0222. The predicted octanol–water partition coefficient (Wildman–Crippen LogP) is 1.62. The standard InChI is InChI=1S/C20H33N3O3S/c1-20(2,3)18-4-6-19(7-5-18)27(24,25)23-12-10-21(11-13-23)8-9-22-14-16-26-17-15-22/h4-7H,8-17H2,1-3H3. The summed E-state index contributed by atoms with van der Waals surface area (Å²) in [5.41, 5.74) is 1.17. The van der Waals surface area contributed by atoms with E-state index in [2.05, 4.69) is 30.6 Å². The van der Waals surface area contributed by atoms with Gasteiger partial charge in [-0.25, -0.2) is 8.42 Å². The van der Waals surface area contributed by atoms with Gasteiger partial charge in [0.15, 0.2) is 0 Å². The molecule has 0 spiro atoms. The second-order valence-corrected chi connectivity index (χ2v) is 10.4. The number of rotatable bonds is 5. The molecule has 6 nitrogen and oxygen atoms in total. The number of sulfonamides is 1. The lowest BCUT2D eigenvalue weighted by atomic mass is 9.87. The van der Waals surface area contributed by atoms with E-state index in [1.165, 1.54) is 0 Å². The summed E-state index contributed by atoms with van der Waals surface area (Å²) in [7, 11) is -3.40. The molecule has 27 heavy (non-hydrogen) atoms. The van der Waals surface area contributed by atoms with Gasteiger partial charge in [-0.15, -0.1) is 0 Å². The molecule has 3 rings (SSSR count). The predicted molar refractivity (Wildman–Crippen MR) is 108 cm³/mol. The van der Waals surface area contributed by atoms with Crippen LogP contribution in [0.15, 0.2) is 29.2 Å². The van der Waals surface area contributed by atoms with Crippen LogP contribution in [0.3, 0.4) is 0 Å². The summed E-state index contributed by atoms with van der Waals surface area (Å²) in [6.45, 7) is 14.8. The van der Waals surface area contributed by atoms with Gasteiger partial charge in [0.25, 0.3) is 0 Å². The van der Waals surface area contributed by atoms with Gasteiger partial charge < -0.3 is 4.74 Å². The van der Waals surface area contributed by atoms with Crippen molar-refractivity contribution < 1.29 is 13.2 Å². The summed E-state index contributed by atoms with van der Waals surface area (Å²) in [5, 5.41) is 0. The second kappa shape index (κ2) is 8.57. The van der Waals surface area contributed by atoms with Crippen LogP contribution in [0, 0.1) is 0 Å². The molecule has 7 heteroatoms. The van der Waals surface area contributed by atoms with Gasteiger partial charge in [-0.3, -0.25) is 9.80 Å². The highest BCUT2D eigenvalue weighted by Crippen LogP contribution is 2.25. The molecule has 152 valence electrons. The number of hydrogen-bond donors (Lipinski definition) is 0. The Morgan fingerprint density at radius 3 is 1.89 bits per heavy atom. The van der Waals surface area contributed by atoms with Crippen molar-refractivity contribution in [3.05, 3.63) is 29.8 Å². The highest BCUT2D eigenvalue weighted by molar-refractivity contribution is 7.89. The van der Waals surface area contributed by atoms with E-state index in [1.807, 2.05) is 12.1 Å². The van der Waals surface area contributed by atoms with Crippen molar-refractivity contribution in [1.82, 2.24) is 14.1 Å². The van der Waals surface area contributed by atoms with Crippen LogP contribution in [0.1, 0.15) is 26.3 Å². The largest absolute Gasteiger partial charge is 0.379 e. The molecule has 0 aliphatic carbocycles. The molecule has 0 unspecified atom stereocenters. The van der Waals surface area contributed by atoms with Crippen LogP contribution < -0.4 is 0 Å². The van der Waals surface area contributed by atoms with Crippen LogP contribution in [0.5, 0.6) is 0 Å². The highest BCUT2D eigenvalue weighted by atomic mass is 32.2. The average Bonchev–Trinajstić information content (AvgIpc) is 2.67. The van der Waals surface area contributed by atoms with Crippen molar-refractivity contribution in [2.75, 3.05) is 65.6 Å². The average molecular weight is 396 g/mol. The third-order valence-electron chi connectivity index (χ3n) is 5.53. The third kappa shape index (κ3) is 5.29. The molecule has 1 aromatic rings. The van der Waals surface area contributed by atoms with Crippen molar-refractivity contribution in [3.8, 4) is 0 Å². The zero-order chi connectivity index (χ0) is 19.5. The topological polar surface area (TPSA) is 53.1 Å².